The molecule has 2 heterocycles. The van der Waals surface area contributed by atoms with E-state index in [4.69, 9.17) is 19.4 Å². The average Bonchev–Trinajstić information content (AvgIpc) is 3.78. The second kappa shape index (κ2) is 11.8. The van der Waals surface area contributed by atoms with Crippen LogP contribution in [0.3, 0.4) is 0 Å². The first-order valence-corrected chi connectivity index (χ1v) is 20.7. The van der Waals surface area contributed by atoms with Gasteiger partial charge in [-0.05, 0) is 130 Å². The van der Waals surface area contributed by atoms with Crippen LogP contribution in [-0.4, -0.2) is 15.0 Å². The minimum Gasteiger partial charge on any atom is -0.456 e. The van der Waals surface area contributed by atoms with Crippen LogP contribution in [0.15, 0.2) is 156 Å². The second-order valence-electron chi connectivity index (χ2n) is 17.2. The molecular formula is C53H39N3O. The lowest BCUT2D eigenvalue weighted by Crippen LogP contribution is -2.55. The Hall–Kier alpha value is -6.39. The maximum Gasteiger partial charge on any atom is 0.164 e. The zero-order valence-electron chi connectivity index (χ0n) is 31.5. The Morgan fingerprint density at radius 3 is 1.75 bits per heavy atom. The molecule has 9 aromatic rings. The van der Waals surface area contributed by atoms with Crippen LogP contribution in [0, 0.1) is 23.7 Å². The summed E-state index contributed by atoms with van der Waals surface area (Å²) < 4.78 is 6.60. The predicted octanol–water partition coefficient (Wildman–Crippen LogP) is 13.3. The number of rotatable bonds is 4. The minimum atomic E-state index is 0.0256. The van der Waals surface area contributed by atoms with Crippen LogP contribution in [0.2, 0.25) is 0 Å². The molecule has 0 aliphatic heterocycles. The minimum absolute atomic E-state index is 0.0256. The van der Waals surface area contributed by atoms with Gasteiger partial charge in [-0.25, -0.2) is 15.0 Å². The third-order valence-electron chi connectivity index (χ3n) is 14.3. The van der Waals surface area contributed by atoms with Crippen molar-refractivity contribution in [2.45, 2.75) is 37.5 Å². The lowest BCUT2D eigenvalue weighted by molar-refractivity contribution is -0.0393. The summed E-state index contributed by atoms with van der Waals surface area (Å²) in [5.74, 6) is 5.11. The van der Waals surface area contributed by atoms with E-state index in [1.54, 1.807) is 5.56 Å². The Balaban J connectivity index is 0.962. The fourth-order valence-corrected chi connectivity index (χ4v) is 12.2. The summed E-state index contributed by atoms with van der Waals surface area (Å²) in [6, 6.07) is 54.6. The quantitative estimate of drug-likeness (QED) is 0.181. The summed E-state index contributed by atoms with van der Waals surface area (Å²) in [5, 5.41) is 5.16. The Kier molecular flexibility index (Phi) is 6.59. The van der Waals surface area contributed by atoms with Crippen LogP contribution in [0.4, 0.5) is 0 Å². The molecule has 0 amide bonds. The molecule has 4 heteroatoms. The highest BCUT2D eigenvalue weighted by Gasteiger charge is 2.62. The van der Waals surface area contributed by atoms with Gasteiger partial charge in [0, 0.05) is 32.9 Å². The molecular weight excluding hydrogens is 695 g/mol. The van der Waals surface area contributed by atoms with Gasteiger partial charge >= 0.3 is 0 Å². The third-order valence-corrected chi connectivity index (χ3v) is 14.3. The number of para-hydroxylation sites is 1. The van der Waals surface area contributed by atoms with Crippen LogP contribution < -0.4 is 0 Å². The van der Waals surface area contributed by atoms with Crippen molar-refractivity contribution in [2.75, 3.05) is 0 Å². The molecule has 7 aromatic carbocycles. The number of fused-ring (bicyclic) bond motifs is 8. The summed E-state index contributed by atoms with van der Waals surface area (Å²) in [6.45, 7) is 0. The third kappa shape index (κ3) is 4.58. The van der Waals surface area contributed by atoms with Gasteiger partial charge < -0.3 is 4.42 Å². The molecule has 0 N–H and O–H groups in total. The smallest absolute Gasteiger partial charge is 0.164 e. The largest absolute Gasteiger partial charge is 0.456 e. The van der Waals surface area contributed by atoms with Gasteiger partial charge in [-0.2, -0.15) is 0 Å². The van der Waals surface area contributed by atoms with Crippen LogP contribution in [0.5, 0.6) is 0 Å². The van der Waals surface area contributed by atoms with Gasteiger partial charge in [0.2, 0.25) is 0 Å². The number of nitrogens with zero attached hydrogens (tertiary/aromatic N) is 3. The molecule has 272 valence electrons. The Labute approximate surface area is 331 Å². The molecule has 5 aliphatic rings. The fourth-order valence-electron chi connectivity index (χ4n) is 12.2. The van der Waals surface area contributed by atoms with Gasteiger partial charge in [0.05, 0.1) is 0 Å². The predicted molar refractivity (Wildman–Crippen MR) is 230 cm³/mol. The van der Waals surface area contributed by atoms with Gasteiger partial charge in [0.1, 0.15) is 11.2 Å². The first-order chi connectivity index (χ1) is 28.2. The van der Waals surface area contributed by atoms with E-state index in [-0.39, 0.29) is 5.41 Å². The van der Waals surface area contributed by atoms with Crippen molar-refractivity contribution in [1.29, 1.82) is 0 Å². The van der Waals surface area contributed by atoms with Crippen molar-refractivity contribution in [3.05, 3.63) is 163 Å². The van der Waals surface area contributed by atoms with E-state index in [0.29, 0.717) is 29.3 Å². The first-order valence-electron chi connectivity index (χ1n) is 20.7. The van der Waals surface area contributed by atoms with Gasteiger partial charge in [0.25, 0.3) is 0 Å². The van der Waals surface area contributed by atoms with Crippen LogP contribution in [-0.2, 0) is 5.41 Å². The molecule has 4 saturated carbocycles. The lowest BCUT2D eigenvalue weighted by atomic mass is 9.43. The van der Waals surface area contributed by atoms with Crippen molar-refractivity contribution in [3.8, 4) is 56.4 Å². The summed E-state index contributed by atoms with van der Waals surface area (Å²) in [5.41, 5.74) is 13.3. The van der Waals surface area contributed by atoms with Crippen molar-refractivity contribution in [1.82, 2.24) is 15.0 Å². The number of hydrogen-bond acceptors (Lipinski definition) is 4. The molecule has 2 aromatic heterocycles. The Morgan fingerprint density at radius 2 is 1.04 bits per heavy atom. The molecule has 14 rings (SSSR count). The van der Waals surface area contributed by atoms with E-state index >= 15 is 0 Å². The van der Waals surface area contributed by atoms with Gasteiger partial charge in [-0.1, -0.05) is 121 Å². The van der Waals surface area contributed by atoms with E-state index in [1.165, 1.54) is 75.9 Å². The maximum absolute atomic E-state index is 6.60. The average molecular weight is 734 g/mol. The van der Waals surface area contributed by atoms with E-state index in [0.717, 1.165) is 45.3 Å². The van der Waals surface area contributed by atoms with E-state index in [2.05, 4.69) is 115 Å². The number of aromatic nitrogens is 3. The summed E-state index contributed by atoms with van der Waals surface area (Å²) in [4.78, 5) is 15.0. The normalized spacial score (nSPS) is 22.8. The molecule has 0 unspecified atom stereocenters. The number of furan rings is 1. The standard InChI is InChI=1S/C53H39N3O/c1-3-10-33(11-4-1)50-54-51(34-12-5-2-6-13-34)56-52(55-50)38-15-9-14-35(28-38)36-18-20-41-37(27-36)19-21-43-44-29-45-42-16-7-8-17-47(42)57-48(45)30-46(44)53(49(41)43)39-23-31-22-32(25-39)26-40(53)24-31/h1-21,27-32,39-40H,22-26H2. The van der Waals surface area contributed by atoms with E-state index < -0.39 is 0 Å². The molecule has 57 heavy (non-hydrogen) atoms. The van der Waals surface area contributed by atoms with Gasteiger partial charge in [-0.3, -0.25) is 0 Å². The lowest BCUT2D eigenvalue weighted by Gasteiger charge is -2.61. The van der Waals surface area contributed by atoms with E-state index in [9.17, 15) is 0 Å². The second-order valence-corrected chi connectivity index (χ2v) is 17.2. The molecule has 5 aliphatic carbocycles. The SMILES string of the molecule is c1ccc(-c2nc(-c3ccccc3)nc(-c3cccc(-c4ccc5c6c(ccc5c4)-c4cc5c(cc4C64C6CC7CC(C6)CC4C7)oc4ccccc45)c3)n2)cc1. The van der Waals surface area contributed by atoms with Crippen molar-refractivity contribution in [2.24, 2.45) is 23.7 Å². The van der Waals surface area contributed by atoms with Gasteiger partial charge in [-0.15, -0.1) is 0 Å². The first kappa shape index (κ1) is 31.8. The molecule has 4 fully saturated rings. The van der Waals surface area contributed by atoms with Crippen molar-refractivity contribution >= 4 is 32.7 Å². The van der Waals surface area contributed by atoms with Crippen molar-refractivity contribution in [3.63, 3.8) is 0 Å². The highest BCUT2D eigenvalue weighted by Crippen LogP contribution is 2.70. The molecule has 1 spiro atoms. The van der Waals surface area contributed by atoms with Crippen LogP contribution >= 0.6 is 0 Å². The van der Waals surface area contributed by atoms with Crippen LogP contribution in [0.25, 0.3) is 89.1 Å². The monoisotopic (exact) mass is 733 g/mol. The number of hydrogen-bond donors (Lipinski definition) is 0. The fraction of sp³-hybridized carbons (Fsp3) is 0.189. The zero-order valence-corrected chi connectivity index (χ0v) is 31.5. The molecule has 4 bridgehead atoms. The molecule has 0 radical (unpaired) electrons. The molecule has 0 atom stereocenters. The maximum atomic E-state index is 6.60. The zero-order chi connectivity index (χ0) is 37.2. The summed E-state index contributed by atoms with van der Waals surface area (Å²) in [6.07, 6.45) is 6.83. The Morgan fingerprint density at radius 1 is 0.421 bits per heavy atom. The number of benzene rings is 7. The summed E-state index contributed by atoms with van der Waals surface area (Å²) >= 11 is 0. The highest BCUT2D eigenvalue weighted by molar-refractivity contribution is 6.09. The Bertz CT molecular complexity index is 3010. The topological polar surface area (TPSA) is 51.8 Å². The molecule has 0 saturated heterocycles. The van der Waals surface area contributed by atoms with E-state index in [1.807, 2.05) is 36.4 Å². The van der Waals surface area contributed by atoms with Crippen LogP contribution in [0.1, 0.15) is 43.2 Å². The highest BCUT2D eigenvalue weighted by atomic mass is 16.3. The molecule has 4 nitrogen and oxygen atoms in total. The summed E-state index contributed by atoms with van der Waals surface area (Å²) in [7, 11) is 0. The van der Waals surface area contributed by atoms with Gasteiger partial charge in [0.15, 0.2) is 17.5 Å². The van der Waals surface area contributed by atoms with Crippen molar-refractivity contribution < 1.29 is 4.42 Å².